The molecule has 0 aromatic heterocycles. The fraction of sp³-hybridized carbons (Fsp3) is 0.133. The fourth-order valence-corrected chi connectivity index (χ4v) is 1.63. The standard InChI is InChI=1S/C15H16N2O3/c1-11(20-14-9-7-13(18)8-10-14)16-15(19)17-12-5-3-2-4-6-12/h2-11,18H,1H3,(H2,16,17,19). The van der Waals surface area contributed by atoms with Gasteiger partial charge in [-0.05, 0) is 43.3 Å². The first kappa shape index (κ1) is 13.7. The summed E-state index contributed by atoms with van der Waals surface area (Å²) in [7, 11) is 0. The number of phenolic OH excluding ortho intramolecular Hbond substituents is 1. The average Bonchev–Trinajstić information content (AvgIpc) is 2.42. The van der Waals surface area contributed by atoms with Crippen LogP contribution in [0.25, 0.3) is 0 Å². The SMILES string of the molecule is CC(NC(=O)Nc1ccccc1)Oc1ccc(O)cc1. The second-order valence-electron chi connectivity index (χ2n) is 4.22. The van der Waals surface area contributed by atoms with Crippen LogP contribution in [0.1, 0.15) is 6.92 Å². The lowest BCUT2D eigenvalue weighted by molar-refractivity contribution is 0.183. The molecule has 0 saturated heterocycles. The minimum absolute atomic E-state index is 0.166. The number of carbonyl (C=O) groups is 1. The Balaban J connectivity index is 1.83. The smallest absolute Gasteiger partial charge is 0.322 e. The van der Waals surface area contributed by atoms with Gasteiger partial charge in [0.15, 0.2) is 6.23 Å². The van der Waals surface area contributed by atoms with Gasteiger partial charge in [0.1, 0.15) is 11.5 Å². The molecule has 0 aliphatic carbocycles. The number of ether oxygens (including phenoxy) is 1. The number of carbonyl (C=O) groups excluding carboxylic acids is 1. The van der Waals surface area contributed by atoms with Gasteiger partial charge in [0.25, 0.3) is 0 Å². The summed E-state index contributed by atoms with van der Waals surface area (Å²) in [6.45, 7) is 1.72. The number of hydrogen-bond donors (Lipinski definition) is 3. The van der Waals surface area contributed by atoms with Gasteiger partial charge in [-0.3, -0.25) is 0 Å². The summed E-state index contributed by atoms with van der Waals surface area (Å²) in [5, 5.41) is 14.5. The third-order valence-corrected chi connectivity index (χ3v) is 2.52. The van der Waals surface area contributed by atoms with E-state index >= 15 is 0 Å². The van der Waals surface area contributed by atoms with Gasteiger partial charge in [0.05, 0.1) is 0 Å². The minimum Gasteiger partial charge on any atom is -0.508 e. The van der Waals surface area contributed by atoms with E-state index in [9.17, 15) is 4.79 Å². The van der Waals surface area contributed by atoms with Crippen LogP contribution in [0.5, 0.6) is 11.5 Å². The first-order valence-corrected chi connectivity index (χ1v) is 6.22. The minimum atomic E-state index is -0.497. The van der Waals surface area contributed by atoms with Crippen molar-refractivity contribution in [1.82, 2.24) is 5.32 Å². The molecule has 104 valence electrons. The van der Waals surface area contributed by atoms with Gasteiger partial charge in [-0.2, -0.15) is 0 Å². The van der Waals surface area contributed by atoms with Crippen molar-refractivity contribution in [3.8, 4) is 11.5 Å². The normalized spacial score (nSPS) is 11.4. The van der Waals surface area contributed by atoms with Gasteiger partial charge in [0.2, 0.25) is 0 Å². The summed E-state index contributed by atoms with van der Waals surface area (Å²) >= 11 is 0. The Kier molecular flexibility index (Phi) is 4.44. The Labute approximate surface area is 117 Å². The highest BCUT2D eigenvalue weighted by atomic mass is 16.5. The summed E-state index contributed by atoms with van der Waals surface area (Å²) in [5.41, 5.74) is 0.710. The first-order chi connectivity index (χ1) is 9.63. The van der Waals surface area contributed by atoms with Crippen LogP contribution in [0, 0.1) is 0 Å². The van der Waals surface area contributed by atoms with Crippen LogP contribution in [-0.4, -0.2) is 17.4 Å². The number of urea groups is 1. The van der Waals surface area contributed by atoms with E-state index in [2.05, 4.69) is 10.6 Å². The van der Waals surface area contributed by atoms with Gasteiger partial charge < -0.3 is 20.5 Å². The topological polar surface area (TPSA) is 70.6 Å². The summed E-state index contributed by atoms with van der Waals surface area (Å²) in [6, 6.07) is 15.1. The maximum absolute atomic E-state index is 11.7. The largest absolute Gasteiger partial charge is 0.508 e. The molecular formula is C15H16N2O3. The molecule has 0 fully saturated rings. The maximum Gasteiger partial charge on any atom is 0.322 e. The molecule has 0 heterocycles. The molecule has 2 rings (SSSR count). The van der Waals surface area contributed by atoms with Crippen LogP contribution in [0.4, 0.5) is 10.5 Å². The van der Waals surface area contributed by atoms with Crippen LogP contribution in [0.3, 0.4) is 0 Å². The molecule has 1 unspecified atom stereocenters. The summed E-state index contributed by atoms with van der Waals surface area (Å²) in [5.74, 6) is 0.732. The average molecular weight is 272 g/mol. The van der Waals surface area contributed by atoms with Crippen LogP contribution in [-0.2, 0) is 0 Å². The van der Waals surface area contributed by atoms with Crippen LogP contribution in [0.2, 0.25) is 0 Å². The van der Waals surface area contributed by atoms with Crippen LogP contribution >= 0.6 is 0 Å². The van der Waals surface area contributed by atoms with Crippen LogP contribution in [0.15, 0.2) is 54.6 Å². The molecule has 0 bridgehead atoms. The van der Waals surface area contributed by atoms with Gasteiger partial charge >= 0.3 is 6.03 Å². The molecule has 0 spiro atoms. The first-order valence-electron chi connectivity index (χ1n) is 6.22. The second kappa shape index (κ2) is 6.47. The monoisotopic (exact) mass is 272 g/mol. The molecule has 5 nitrogen and oxygen atoms in total. The molecular weight excluding hydrogens is 256 g/mol. The molecule has 20 heavy (non-hydrogen) atoms. The predicted octanol–water partition coefficient (Wildman–Crippen LogP) is 2.94. The zero-order valence-electron chi connectivity index (χ0n) is 11.0. The molecule has 2 amide bonds. The lowest BCUT2D eigenvalue weighted by Crippen LogP contribution is -2.39. The van der Waals surface area contributed by atoms with E-state index in [-0.39, 0.29) is 11.8 Å². The Morgan fingerprint density at radius 2 is 1.75 bits per heavy atom. The number of aromatic hydroxyl groups is 1. The van der Waals surface area contributed by atoms with E-state index in [0.717, 1.165) is 0 Å². The van der Waals surface area contributed by atoms with E-state index in [4.69, 9.17) is 9.84 Å². The molecule has 5 heteroatoms. The van der Waals surface area contributed by atoms with Crippen molar-refractivity contribution < 1.29 is 14.6 Å². The van der Waals surface area contributed by atoms with Crippen molar-refractivity contribution >= 4 is 11.7 Å². The van der Waals surface area contributed by atoms with Crippen molar-refractivity contribution in [2.24, 2.45) is 0 Å². The Morgan fingerprint density at radius 1 is 1.10 bits per heavy atom. The predicted molar refractivity (Wildman–Crippen MR) is 76.8 cm³/mol. The lowest BCUT2D eigenvalue weighted by Gasteiger charge is -2.16. The van der Waals surface area contributed by atoms with E-state index in [0.29, 0.717) is 11.4 Å². The summed E-state index contributed by atoms with van der Waals surface area (Å²) < 4.78 is 5.49. The van der Waals surface area contributed by atoms with Gasteiger partial charge in [-0.1, -0.05) is 18.2 Å². The Bertz CT molecular complexity index is 555. The molecule has 0 aliphatic rings. The number of para-hydroxylation sites is 1. The molecule has 0 saturated carbocycles. The fourth-order valence-electron chi connectivity index (χ4n) is 1.63. The Morgan fingerprint density at radius 3 is 2.40 bits per heavy atom. The zero-order valence-corrected chi connectivity index (χ0v) is 11.0. The van der Waals surface area contributed by atoms with E-state index in [1.54, 1.807) is 31.2 Å². The highest BCUT2D eigenvalue weighted by Gasteiger charge is 2.08. The number of amides is 2. The maximum atomic E-state index is 11.7. The number of anilines is 1. The van der Waals surface area contributed by atoms with Gasteiger partial charge in [-0.15, -0.1) is 0 Å². The Hall–Kier alpha value is -2.69. The van der Waals surface area contributed by atoms with Crippen molar-refractivity contribution in [2.75, 3.05) is 5.32 Å². The number of benzene rings is 2. The van der Waals surface area contributed by atoms with E-state index in [1.807, 2.05) is 18.2 Å². The van der Waals surface area contributed by atoms with Crippen molar-refractivity contribution in [3.05, 3.63) is 54.6 Å². The second-order valence-corrected chi connectivity index (χ2v) is 4.22. The van der Waals surface area contributed by atoms with Crippen molar-refractivity contribution in [1.29, 1.82) is 0 Å². The number of hydrogen-bond acceptors (Lipinski definition) is 3. The summed E-state index contributed by atoms with van der Waals surface area (Å²) in [4.78, 5) is 11.7. The number of phenols is 1. The van der Waals surface area contributed by atoms with Gasteiger partial charge in [-0.25, -0.2) is 4.79 Å². The molecule has 2 aromatic carbocycles. The molecule has 0 radical (unpaired) electrons. The molecule has 0 aliphatic heterocycles. The quantitative estimate of drug-likeness (QED) is 0.749. The van der Waals surface area contributed by atoms with Crippen molar-refractivity contribution in [2.45, 2.75) is 13.2 Å². The van der Waals surface area contributed by atoms with E-state index < -0.39 is 6.23 Å². The number of nitrogens with one attached hydrogen (secondary N) is 2. The van der Waals surface area contributed by atoms with Crippen LogP contribution < -0.4 is 15.4 Å². The molecule has 1 atom stereocenters. The van der Waals surface area contributed by atoms with E-state index in [1.165, 1.54) is 12.1 Å². The molecule has 2 aromatic rings. The number of rotatable bonds is 4. The van der Waals surface area contributed by atoms with Gasteiger partial charge in [0, 0.05) is 5.69 Å². The highest BCUT2D eigenvalue weighted by molar-refractivity contribution is 5.89. The zero-order chi connectivity index (χ0) is 14.4. The summed E-state index contributed by atoms with van der Waals surface area (Å²) in [6.07, 6.45) is -0.497. The van der Waals surface area contributed by atoms with Crippen molar-refractivity contribution in [3.63, 3.8) is 0 Å². The lowest BCUT2D eigenvalue weighted by atomic mass is 10.3. The molecule has 3 N–H and O–H groups in total. The highest BCUT2D eigenvalue weighted by Crippen LogP contribution is 2.16. The third-order valence-electron chi connectivity index (χ3n) is 2.52. The third kappa shape index (κ3) is 4.20.